The van der Waals surface area contributed by atoms with Crippen LogP contribution in [-0.4, -0.2) is 22.3 Å². The molecule has 0 bridgehead atoms. The fourth-order valence-electron chi connectivity index (χ4n) is 2.04. The van der Waals surface area contributed by atoms with Gasteiger partial charge in [0, 0.05) is 31.7 Å². The van der Waals surface area contributed by atoms with Crippen LogP contribution in [0.15, 0.2) is 0 Å². The van der Waals surface area contributed by atoms with Gasteiger partial charge >= 0.3 is 6.18 Å². The quantitative estimate of drug-likeness (QED) is 0.844. The Labute approximate surface area is 91.7 Å². The molecule has 16 heavy (non-hydrogen) atoms. The number of rotatable bonds is 2. The highest BCUT2D eigenvalue weighted by Gasteiger charge is 2.28. The molecule has 0 atom stereocenters. The third-order valence-electron chi connectivity index (χ3n) is 2.80. The maximum absolute atomic E-state index is 12.2. The molecule has 0 saturated carbocycles. The first kappa shape index (κ1) is 11.4. The molecule has 3 nitrogen and oxygen atoms in total. The lowest BCUT2D eigenvalue weighted by atomic mass is 10.2. The Morgan fingerprint density at radius 1 is 1.44 bits per heavy atom. The predicted molar refractivity (Wildman–Crippen MR) is 53.0 cm³/mol. The van der Waals surface area contributed by atoms with E-state index < -0.39 is 12.6 Å². The maximum Gasteiger partial charge on any atom is 0.390 e. The van der Waals surface area contributed by atoms with Gasteiger partial charge in [0.2, 0.25) is 0 Å². The molecule has 6 heteroatoms. The highest BCUT2D eigenvalue weighted by atomic mass is 19.4. The zero-order valence-electron chi connectivity index (χ0n) is 9.06. The summed E-state index contributed by atoms with van der Waals surface area (Å²) in [5.41, 5.74) is 1.85. The number of aryl methyl sites for hydroxylation is 1. The lowest BCUT2D eigenvalue weighted by Crippen LogP contribution is -2.25. The van der Waals surface area contributed by atoms with Gasteiger partial charge in [-0.3, -0.25) is 0 Å². The van der Waals surface area contributed by atoms with E-state index in [0.29, 0.717) is 12.4 Å². The van der Waals surface area contributed by atoms with Crippen LogP contribution < -0.4 is 5.32 Å². The third-order valence-corrected chi connectivity index (χ3v) is 2.80. The highest BCUT2D eigenvalue weighted by Crippen LogP contribution is 2.23. The first-order valence-corrected chi connectivity index (χ1v) is 5.30. The maximum atomic E-state index is 12.2. The smallest absolute Gasteiger partial charge is 0.332 e. The minimum atomic E-state index is -4.10. The van der Waals surface area contributed by atoms with E-state index in [1.54, 1.807) is 11.5 Å². The summed E-state index contributed by atoms with van der Waals surface area (Å²) in [5, 5.41) is 3.16. The molecule has 0 aliphatic carbocycles. The van der Waals surface area contributed by atoms with E-state index in [9.17, 15) is 13.2 Å². The summed E-state index contributed by atoms with van der Waals surface area (Å²) >= 11 is 0. The van der Waals surface area contributed by atoms with Crippen LogP contribution in [-0.2, 0) is 19.5 Å². The van der Waals surface area contributed by atoms with Crippen LogP contribution in [0.4, 0.5) is 13.2 Å². The van der Waals surface area contributed by atoms with Gasteiger partial charge in [-0.1, -0.05) is 0 Å². The van der Waals surface area contributed by atoms with Gasteiger partial charge in [0.1, 0.15) is 5.82 Å². The van der Waals surface area contributed by atoms with Gasteiger partial charge in [0.15, 0.2) is 0 Å². The zero-order chi connectivity index (χ0) is 11.8. The largest absolute Gasteiger partial charge is 0.390 e. The monoisotopic (exact) mass is 233 g/mol. The SMILES string of the molecule is Cc1nc2c(n1CCC(F)(F)F)CCNC2. The Hall–Kier alpha value is -1.04. The van der Waals surface area contributed by atoms with Crippen LogP contribution in [0.3, 0.4) is 0 Å². The van der Waals surface area contributed by atoms with E-state index >= 15 is 0 Å². The number of halogens is 3. The van der Waals surface area contributed by atoms with Gasteiger partial charge < -0.3 is 9.88 Å². The average molecular weight is 233 g/mol. The highest BCUT2D eigenvalue weighted by molar-refractivity contribution is 5.19. The summed E-state index contributed by atoms with van der Waals surface area (Å²) in [4.78, 5) is 4.28. The van der Waals surface area contributed by atoms with Crippen molar-refractivity contribution in [2.24, 2.45) is 0 Å². The standard InChI is InChI=1S/C10H14F3N3/c1-7-15-8-6-14-4-2-9(8)16(7)5-3-10(11,12)13/h14H,2-6H2,1H3. The summed E-state index contributed by atoms with van der Waals surface area (Å²) in [7, 11) is 0. The van der Waals surface area contributed by atoms with Crippen molar-refractivity contribution < 1.29 is 13.2 Å². The Bertz CT molecular complexity index is 381. The van der Waals surface area contributed by atoms with Crippen molar-refractivity contribution in [3.63, 3.8) is 0 Å². The lowest BCUT2D eigenvalue weighted by molar-refractivity contribution is -0.136. The molecule has 1 aliphatic heterocycles. The summed E-state index contributed by atoms with van der Waals surface area (Å²) in [6, 6.07) is 0. The lowest BCUT2D eigenvalue weighted by Gasteiger charge is -2.16. The minimum absolute atomic E-state index is 0.0162. The molecule has 0 unspecified atom stereocenters. The molecule has 0 radical (unpaired) electrons. The molecule has 90 valence electrons. The number of hydrogen-bond acceptors (Lipinski definition) is 2. The zero-order valence-corrected chi connectivity index (χ0v) is 9.06. The van der Waals surface area contributed by atoms with Crippen molar-refractivity contribution in [1.29, 1.82) is 0 Å². The first-order chi connectivity index (χ1) is 7.47. The normalized spacial score (nSPS) is 16.2. The molecular weight excluding hydrogens is 219 g/mol. The second-order valence-corrected chi connectivity index (χ2v) is 4.00. The number of nitrogens with zero attached hydrogens (tertiary/aromatic N) is 2. The Morgan fingerprint density at radius 2 is 2.19 bits per heavy atom. The molecule has 1 aromatic heterocycles. The van der Waals surface area contributed by atoms with Crippen LogP contribution in [0.2, 0.25) is 0 Å². The third kappa shape index (κ3) is 2.37. The van der Waals surface area contributed by atoms with Gasteiger partial charge in [0.25, 0.3) is 0 Å². The minimum Gasteiger partial charge on any atom is -0.332 e. The first-order valence-electron chi connectivity index (χ1n) is 5.30. The molecule has 0 fully saturated rings. The van der Waals surface area contributed by atoms with Gasteiger partial charge in [-0.25, -0.2) is 4.98 Å². The van der Waals surface area contributed by atoms with Crippen LogP contribution in [0, 0.1) is 6.92 Å². The van der Waals surface area contributed by atoms with E-state index in [-0.39, 0.29) is 6.54 Å². The topological polar surface area (TPSA) is 29.9 Å². The van der Waals surface area contributed by atoms with Crippen LogP contribution >= 0.6 is 0 Å². The molecule has 2 rings (SSSR count). The molecular formula is C10H14F3N3. The van der Waals surface area contributed by atoms with Crippen molar-refractivity contribution >= 4 is 0 Å². The number of fused-ring (bicyclic) bond motifs is 1. The number of nitrogens with one attached hydrogen (secondary N) is 1. The molecule has 0 saturated heterocycles. The Kier molecular flexibility index (Phi) is 2.92. The van der Waals surface area contributed by atoms with Crippen molar-refractivity contribution in [2.75, 3.05) is 6.54 Å². The summed E-state index contributed by atoms with van der Waals surface area (Å²) in [5.74, 6) is 0.679. The number of hydrogen-bond donors (Lipinski definition) is 1. The fraction of sp³-hybridized carbons (Fsp3) is 0.700. The average Bonchev–Trinajstić information content (AvgIpc) is 2.49. The summed E-state index contributed by atoms with van der Waals surface area (Å²) in [6.45, 7) is 3.21. The van der Waals surface area contributed by atoms with E-state index in [1.165, 1.54) is 0 Å². The number of alkyl halides is 3. The Morgan fingerprint density at radius 3 is 2.88 bits per heavy atom. The number of imidazole rings is 1. The van der Waals surface area contributed by atoms with Gasteiger partial charge in [-0.2, -0.15) is 13.2 Å². The summed E-state index contributed by atoms with van der Waals surface area (Å²) < 4.78 is 38.2. The van der Waals surface area contributed by atoms with Crippen LogP contribution in [0.5, 0.6) is 0 Å². The molecule has 0 aromatic carbocycles. The van der Waals surface area contributed by atoms with E-state index in [0.717, 1.165) is 24.4 Å². The molecule has 0 amide bonds. The van der Waals surface area contributed by atoms with E-state index in [4.69, 9.17) is 0 Å². The van der Waals surface area contributed by atoms with Gasteiger partial charge in [-0.05, 0) is 6.92 Å². The number of aromatic nitrogens is 2. The Balaban J connectivity index is 2.17. The van der Waals surface area contributed by atoms with Crippen LogP contribution in [0.25, 0.3) is 0 Å². The molecule has 1 N–H and O–H groups in total. The van der Waals surface area contributed by atoms with E-state index in [1.807, 2.05) is 0 Å². The van der Waals surface area contributed by atoms with Crippen molar-refractivity contribution in [1.82, 2.24) is 14.9 Å². The van der Waals surface area contributed by atoms with Crippen molar-refractivity contribution in [3.8, 4) is 0 Å². The fourth-order valence-corrected chi connectivity index (χ4v) is 2.04. The van der Waals surface area contributed by atoms with E-state index in [2.05, 4.69) is 10.3 Å². The predicted octanol–water partition coefficient (Wildman–Crippen LogP) is 1.79. The van der Waals surface area contributed by atoms with Gasteiger partial charge in [0.05, 0.1) is 12.1 Å². The van der Waals surface area contributed by atoms with Crippen molar-refractivity contribution in [2.45, 2.75) is 39.0 Å². The van der Waals surface area contributed by atoms with Crippen molar-refractivity contribution in [3.05, 3.63) is 17.2 Å². The molecule has 1 aromatic rings. The molecule has 1 aliphatic rings. The second-order valence-electron chi connectivity index (χ2n) is 4.00. The van der Waals surface area contributed by atoms with Gasteiger partial charge in [-0.15, -0.1) is 0 Å². The second kappa shape index (κ2) is 4.08. The molecule has 2 heterocycles. The molecule has 0 spiro atoms. The van der Waals surface area contributed by atoms with Crippen LogP contribution in [0.1, 0.15) is 23.6 Å². The summed E-state index contributed by atoms with van der Waals surface area (Å²) in [6.07, 6.45) is -4.13.